The molecule has 2 fully saturated rings. The lowest BCUT2D eigenvalue weighted by Gasteiger charge is -2.25. The number of fused-ring (bicyclic) bond motifs is 3. The molecule has 144 valence electrons. The summed E-state index contributed by atoms with van der Waals surface area (Å²) in [5.74, 6) is 2.36. The fourth-order valence-electron chi connectivity index (χ4n) is 4.99. The quantitative estimate of drug-likeness (QED) is 0.493. The maximum Gasteiger partial charge on any atom is 0.229 e. The Balaban J connectivity index is 1.44. The van der Waals surface area contributed by atoms with E-state index in [9.17, 15) is 4.79 Å². The molecule has 3 aromatic rings. The number of hydrogen-bond acceptors (Lipinski definition) is 3. The van der Waals surface area contributed by atoms with Gasteiger partial charge in [0.2, 0.25) is 5.91 Å². The molecule has 0 saturated heterocycles. The van der Waals surface area contributed by atoms with Crippen LogP contribution in [0.1, 0.15) is 37.7 Å². The van der Waals surface area contributed by atoms with E-state index in [2.05, 4.69) is 12.1 Å². The van der Waals surface area contributed by atoms with Crippen LogP contribution in [0.15, 0.2) is 48.5 Å². The normalized spacial score (nSPS) is 23.4. The van der Waals surface area contributed by atoms with Gasteiger partial charge in [0.05, 0.1) is 16.8 Å². The smallest absolute Gasteiger partial charge is 0.229 e. The number of carbonyl (C=O) groups excluding carboxylic acids is 1. The molecule has 3 nitrogen and oxygen atoms in total. The van der Waals surface area contributed by atoms with Gasteiger partial charge in [0.25, 0.3) is 0 Å². The Labute approximate surface area is 174 Å². The average Bonchev–Trinajstić information content (AvgIpc) is 3.41. The van der Waals surface area contributed by atoms with Gasteiger partial charge in [-0.1, -0.05) is 59.7 Å². The van der Waals surface area contributed by atoms with E-state index >= 15 is 0 Å². The van der Waals surface area contributed by atoms with E-state index in [4.69, 9.17) is 16.6 Å². The minimum absolute atomic E-state index is 0.201. The molecule has 2 aromatic carbocycles. The fourth-order valence-corrected chi connectivity index (χ4v) is 6.25. The van der Waals surface area contributed by atoms with Gasteiger partial charge in [0.15, 0.2) is 5.13 Å². The minimum atomic E-state index is 0.201. The molecule has 3 unspecified atom stereocenters. The van der Waals surface area contributed by atoms with Crippen LogP contribution in [0, 0.1) is 17.8 Å². The summed E-state index contributed by atoms with van der Waals surface area (Å²) in [5.41, 5.74) is 2.02. The van der Waals surface area contributed by atoms with Crippen LogP contribution in [0.4, 0.5) is 5.13 Å². The monoisotopic (exact) mass is 410 g/mol. The summed E-state index contributed by atoms with van der Waals surface area (Å²) in [6.07, 6.45) is 5.87. The molecule has 5 rings (SSSR count). The summed E-state index contributed by atoms with van der Waals surface area (Å²) in [6.45, 7) is 0.564. The van der Waals surface area contributed by atoms with Crippen LogP contribution in [-0.2, 0) is 11.3 Å². The molecule has 2 bridgehead atoms. The molecule has 1 aromatic heterocycles. The Morgan fingerprint density at radius 1 is 1.14 bits per heavy atom. The molecule has 28 heavy (non-hydrogen) atoms. The van der Waals surface area contributed by atoms with Gasteiger partial charge in [0.1, 0.15) is 0 Å². The Morgan fingerprint density at radius 3 is 2.75 bits per heavy atom. The number of thiazole rings is 1. The molecule has 3 atom stereocenters. The van der Waals surface area contributed by atoms with Crippen molar-refractivity contribution in [1.29, 1.82) is 0 Å². The van der Waals surface area contributed by atoms with Crippen LogP contribution >= 0.6 is 22.9 Å². The fraction of sp³-hybridized carbons (Fsp3) is 0.391. The Bertz CT molecular complexity index is 1000. The van der Waals surface area contributed by atoms with Crippen LogP contribution in [0.25, 0.3) is 10.2 Å². The first-order chi connectivity index (χ1) is 13.7. The Hall–Kier alpha value is -1.91. The van der Waals surface area contributed by atoms with Crippen molar-refractivity contribution in [3.8, 4) is 0 Å². The van der Waals surface area contributed by atoms with Crippen molar-refractivity contribution in [2.45, 2.75) is 38.6 Å². The molecule has 0 aliphatic heterocycles. The highest BCUT2D eigenvalue weighted by Crippen LogP contribution is 2.49. The number of anilines is 1. The largest absolute Gasteiger partial charge is 0.284 e. The van der Waals surface area contributed by atoms with Crippen molar-refractivity contribution in [3.63, 3.8) is 0 Å². The lowest BCUT2D eigenvalue weighted by Crippen LogP contribution is -2.32. The van der Waals surface area contributed by atoms with Gasteiger partial charge < -0.3 is 0 Å². The molecule has 0 radical (unpaired) electrons. The van der Waals surface area contributed by atoms with Gasteiger partial charge in [-0.2, -0.15) is 0 Å². The van der Waals surface area contributed by atoms with Crippen molar-refractivity contribution >= 4 is 44.2 Å². The number of amides is 1. The van der Waals surface area contributed by atoms with Crippen molar-refractivity contribution in [1.82, 2.24) is 4.98 Å². The number of hydrogen-bond donors (Lipinski definition) is 0. The van der Waals surface area contributed by atoms with Crippen molar-refractivity contribution in [3.05, 3.63) is 59.1 Å². The molecule has 1 heterocycles. The maximum atomic E-state index is 13.4. The molecular formula is C23H23ClN2OS. The lowest BCUT2D eigenvalue weighted by molar-refractivity contribution is -0.120. The van der Waals surface area contributed by atoms with Crippen LogP contribution in [-0.4, -0.2) is 10.9 Å². The van der Waals surface area contributed by atoms with Gasteiger partial charge in [0, 0.05) is 11.4 Å². The zero-order chi connectivity index (χ0) is 19.1. The van der Waals surface area contributed by atoms with Gasteiger partial charge >= 0.3 is 0 Å². The van der Waals surface area contributed by atoms with Gasteiger partial charge in [-0.25, -0.2) is 4.98 Å². The number of benzene rings is 2. The average molecular weight is 411 g/mol. The predicted molar refractivity (Wildman–Crippen MR) is 116 cm³/mol. The summed E-state index contributed by atoms with van der Waals surface area (Å²) in [5, 5.41) is 1.47. The number of aromatic nitrogens is 1. The van der Waals surface area contributed by atoms with Crippen molar-refractivity contribution in [2.75, 3.05) is 4.90 Å². The molecule has 2 aliphatic carbocycles. The summed E-state index contributed by atoms with van der Waals surface area (Å²) in [6, 6.07) is 15.9. The second kappa shape index (κ2) is 7.49. The zero-order valence-electron chi connectivity index (χ0n) is 15.7. The highest BCUT2D eigenvalue weighted by atomic mass is 35.5. The third kappa shape index (κ3) is 3.56. The van der Waals surface area contributed by atoms with Crippen molar-refractivity contribution < 1.29 is 4.79 Å². The zero-order valence-corrected chi connectivity index (χ0v) is 17.3. The highest BCUT2D eigenvalue weighted by Gasteiger charge is 2.41. The number of halogens is 1. The topological polar surface area (TPSA) is 33.2 Å². The van der Waals surface area contributed by atoms with E-state index < -0.39 is 0 Å². The number of nitrogens with zero attached hydrogens (tertiary/aromatic N) is 2. The number of rotatable bonds is 5. The minimum Gasteiger partial charge on any atom is -0.284 e. The van der Waals surface area contributed by atoms with E-state index in [-0.39, 0.29) is 5.91 Å². The van der Waals surface area contributed by atoms with E-state index in [0.717, 1.165) is 32.7 Å². The summed E-state index contributed by atoms with van der Waals surface area (Å²) >= 11 is 7.70. The van der Waals surface area contributed by atoms with E-state index in [1.165, 1.54) is 25.7 Å². The molecule has 1 amide bonds. The predicted octanol–water partition coefficient (Wildman–Crippen LogP) is 6.31. The van der Waals surface area contributed by atoms with Crippen LogP contribution in [0.3, 0.4) is 0 Å². The van der Waals surface area contributed by atoms with E-state index in [0.29, 0.717) is 23.9 Å². The van der Waals surface area contributed by atoms with Crippen LogP contribution in [0.2, 0.25) is 5.02 Å². The lowest BCUT2D eigenvalue weighted by atomic mass is 9.86. The Kier molecular flexibility index (Phi) is 4.85. The second-order valence-corrected chi connectivity index (χ2v) is 9.66. The second-order valence-electron chi connectivity index (χ2n) is 8.21. The van der Waals surface area contributed by atoms with E-state index in [1.54, 1.807) is 11.3 Å². The maximum absolute atomic E-state index is 13.4. The first kappa shape index (κ1) is 18.1. The SMILES string of the molecule is O=C(CC1CC2CCC1C2)N(Cc1ccccc1)c1nc2ccc(Cl)cc2s1. The molecule has 2 saturated carbocycles. The van der Waals surface area contributed by atoms with Crippen LogP contribution in [0.5, 0.6) is 0 Å². The Morgan fingerprint density at radius 2 is 2.00 bits per heavy atom. The molecule has 0 spiro atoms. The van der Waals surface area contributed by atoms with Crippen molar-refractivity contribution in [2.24, 2.45) is 17.8 Å². The van der Waals surface area contributed by atoms with Gasteiger partial charge in [-0.15, -0.1) is 0 Å². The van der Waals surface area contributed by atoms with Gasteiger partial charge in [-0.3, -0.25) is 9.69 Å². The molecular weight excluding hydrogens is 388 g/mol. The third-order valence-corrected chi connectivity index (χ3v) is 7.65. The molecule has 5 heteroatoms. The summed E-state index contributed by atoms with van der Waals surface area (Å²) in [4.78, 5) is 20.0. The standard InChI is InChI=1S/C23H23ClN2OS/c24-19-8-9-20-21(13-19)28-23(25-20)26(14-15-4-2-1-3-5-15)22(27)12-18-11-16-6-7-17(18)10-16/h1-5,8-9,13,16-18H,6-7,10-12,14H2. The number of carbonyl (C=O) groups is 1. The summed E-state index contributed by atoms with van der Waals surface area (Å²) in [7, 11) is 0. The first-order valence-corrected chi connectivity index (χ1v) is 11.3. The first-order valence-electron chi connectivity index (χ1n) is 10.1. The summed E-state index contributed by atoms with van der Waals surface area (Å²) < 4.78 is 1.02. The van der Waals surface area contributed by atoms with E-state index in [1.807, 2.05) is 41.3 Å². The molecule has 0 N–H and O–H groups in total. The molecule has 2 aliphatic rings. The van der Waals surface area contributed by atoms with Gasteiger partial charge in [-0.05, 0) is 60.8 Å². The van der Waals surface area contributed by atoms with Crippen LogP contribution < -0.4 is 4.90 Å². The third-order valence-electron chi connectivity index (χ3n) is 6.38. The highest BCUT2D eigenvalue weighted by molar-refractivity contribution is 7.22.